The van der Waals surface area contributed by atoms with Gasteiger partial charge in [-0.2, -0.15) is 4.31 Å². The van der Waals surface area contributed by atoms with E-state index in [1.54, 1.807) is 6.08 Å². The molecule has 2 aromatic rings. The first-order chi connectivity index (χ1) is 13.0. The van der Waals surface area contributed by atoms with E-state index in [0.717, 1.165) is 18.4 Å². The smallest absolute Gasteiger partial charge is 0.338 e. The van der Waals surface area contributed by atoms with Crippen LogP contribution in [0.15, 0.2) is 59.5 Å². The third-order valence-electron chi connectivity index (χ3n) is 4.27. The second kappa shape index (κ2) is 8.69. The Bertz CT molecular complexity index is 936. The molecule has 0 atom stereocenters. The SMILES string of the molecule is O=C(OC/C=C/c1ccccc1)c1ccc(Cl)c(S(=O)(=O)N2CCCC2)c1. The zero-order valence-corrected chi connectivity index (χ0v) is 16.2. The topological polar surface area (TPSA) is 63.7 Å². The Morgan fingerprint density at radius 2 is 1.81 bits per heavy atom. The first kappa shape index (κ1) is 19.6. The summed E-state index contributed by atoms with van der Waals surface area (Å²) < 4.78 is 32.1. The van der Waals surface area contributed by atoms with Gasteiger partial charge in [-0.15, -0.1) is 0 Å². The zero-order chi connectivity index (χ0) is 19.3. The van der Waals surface area contributed by atoms with Gasteiger partial charge in [0.05, 0.1) is 10.6 Å². The van der Waals surface area contributed by atoms with Gasteiger partial charge in [-0.25, -0.2) is 13.2 Å². The van der Waals surface area contributed by atoms with E-state index in [-0.39, 0.29) is 22.1 Å². The van der Waals surface area contributed by atoms with Gasteiger partial charge in [0.2, 0.25) is 10.0 Å². The number of sulfonamides is 1. The van der Waals surface area contributed by atoms with Crippen LogP contribution in [0.2, 0.25) is 5.02 Å². The molecule has 1 heterocycles. The van der Waals surface area contributed by atoms with Crippen molar-refractivity contribution in [3.8, 4) is 0 Å². The fraction of sp³-hybridized carbons (Fsp3) is 0.250. The molecule has 5 nitrogen and oxygen atoms in total. The maximum absolute atomic E-state index is 12.7. The molecule has 3 rings (SSSR count). The number of hydrogen-bond acceptors (Lipinski definition) is 4. The van der Waals surface area contributed by atoms with Crippen LogP contribution >= 0.6 is 11.6 Å². The van der Waals surface area contributed by atoms with Crippen molar-refractivity contribution in [1.82, 2.24) is 4.31 Å². The van der Waals surface area contributed by atoms with Crippen LogP contribution in [0, 0.1) is 0 Å². The highest BCUT2D eigenvalue weighted by atomic mass is 35.5. The van der Waals surface area contributed by atoms with Crippen molar-refractivity contribution in [2.75, 3.05) is 19.7 Å². The molecule has 0 aliphatic carbocycles. The number of carbonyl (C=O) groups is 1. The Balaban J connectivity index is 1.69. The fourth-order valence-electron chi connectivity index (χ4n) is 2.85. The molecular weight excluding hydrogens is 386 g/mol. The van der Waals surface area contributed by atoms with Gasteiger partial charge in [-0.05, 0) is 42.7 Å². The molecule has 0 radical (unpaired) electrons. The molecule has 7 heteroatoms. The van der Waals surface area contributed by atoms with Crippen molar-refractivity contribution in [2.24, 2.45) is 0 Å². The number of ether oxygens (including phenoxy) is 1. The third-order valence-corrected chi connectivity index (χ3v) is 6.65. The van der Waals surface area contributed by atoms with Gasteiger partial charge >= 0.3 is 5.97 Å². The molecule has 0 unspecified atom stereocenters. The molecule has 27 heavy (non-hydrogen) atoms. The second-order valence-corrected chi connectivity index (χ2v) is 8.48. The first-order valence-electron chi connectivity index (χ1n) is 8.67. The molecule has 0 amide bonds. The van der Waals surface area contributed by atoms with E-state index in [4.69, 9.17) is 16.3 Å². The van der Waals surface area contributed by atoms with E-state index in [1.165, 1.54) is 22.5 Å². The number of esters is 1. The molecule has 0 bridgehead atoms. The van der Waals surface area contributed by atoms with E-state index in [9.17, 15) is 13.2 Å². The summed E-state index contributed by atoms with van der Waals surface area (Å²) in [6.07, 6.45) is 5.22. The van der Waals surface area contributed by atoms with Gasteiger partial charge in [0.15, 0.2) is 0 Å². The predicted molar refractivity (Wildman–Crippen MR) is 105 cm³/mol. The summed E-state index contributed by atoms with van der Waals surface area (Å²) in [5.41, 5.74) is 1.16. The van der Waals surface area contributed by atoms with Crippen LogP contribution in [0.3, 0.4) is 0 Å². The second-order valence-electron chi connectivity index (χ2n) is 6.17. The lowest BCUT2D eigenvalue weighted by molar-refractivity contribution is 0.0550. The summed E-state index contributed by atoms with van der Waals surface area (Å²) >= 11 is 6.09. The molecule has 0 aromatic heterocycles. The van der Waals surface area contributed by atoms with Crippen LogP contribution < -0.4 is 0 Å². The summed E-state index contributed by atoms with van der Waals surface area (Å²) in [5, 5.41) is 0.0995. The van der Waals surface area contributed by atoms with Crippen molar-refractivity contribution >= 4 is 33.7 Å². The van der Waals surface area contributed by atoms with Crippen molar-refractivity contribution in [3.63, 3.8) is 0 Å². The van der Waals surface area contributed by atoms with Gasteiger partial charge in [-0.1, -0.05) is 48.0 Å². The van der Waals surface area contributed by atoms with E-state index in [0.29, 0.717) is 13.1 Å². The minimum absolute atomic E-state index is 0.0552. The molecule has 1 aliphatic heterocycles. The lowest BCUT2D eigenvalue weighted by Gasteiger charge is -2.17. The predicted octanol–water partition coefficient (Wildman–Crippen LogP) is 3.99. The Hall–Kier alpha value is -2.15. The summed E-state index contributed by atoms with van der Waals surface area (Å²) in [6, 6.07) is 13.8. The quantitative estimate of drug-likeness (QED) is 0.681. The van der Waals surface area contributed by atoms with Crippen LogP contribution in [0.25, 0.3) is 6.08 Å². The largest absolute Gasteiger partial charge is 0.458 e. The lowest BCUT2D eigenvalue weighted by atomic mass is 10.2. The van der Waals surface area contributed by atoms with Crippen LogP contribution in [-0.4, -0.2) is 38.4 Å². The van der Waals surface area contributed by atoms with E-state index >= 15 is 0 Å². The molecular formula is C20H20ClNO4S. The van der Waals surface area contributed by atoms with Gasteiger partial charge in [0, 0.05) is 13.1 Å². The average Bonchev–Trinajstić information content (AvgIpc) is 3.22. The number of carbonyl (C=O) groups excluding carboxylic acids is 1. The van der Waals surface area contributed by atoms with E-state index in [2.05, 4.69) is 0 Å². The van der Waals surface area contributed by atoms with Crippen LogP contribution in [0.5, 0.6) is 0 Å². The van der Waals surface area contributed by atoms with Gasteiger partial charge < -0.3 is 4.74 Å². The Kier molecular flexibility index (Phi) is 6.31. The van der Waals surface area contributed by atoms with E-state index < -0.39 is 16.0 Å². The maximum Gasteiger partial charge on any atom is 0.338 e. The molecule has 2 aromatic carbocycles. The monoisotopic (exact) mass is 405 g/mol. The molecule has 1 fully saturated rings. The standard InChI is InChI=1S/C20H20ClNO4S/c21-18-11-10-17(15-19(18)27(24,25)22-12-4-5-13-22)20(23)26-14-6-9-16-7-2-1-3-8-16/h1-3,6-11,15H,4-5,12-14H2/b9-6+. The summed E-state index contributed by atoms with van der Waals surface area (Å²) in [4.78, 5) is 12.2. The average molecular weight is 406 g/mol. The number of hydrogen-bond donors (Lipinski definition) is 0. The number of nitrogens with zero attached hydrogens (tertiary/aromatic N) is 1. The van der Waals surface area contributed by atoms with Crippen molar-refractivity contribution in [3.05, 3.63) is 70.8 Å². The molecule has 0 saturated carbocycles. The minimum Gasteiger partial charge on any atom is -0.458 e. The van der Waals surface area contributed by atoms with Crippen LogP contribution in [0.4, 0.5) is 0 Å². The zero-order valence-electron chi connectivity index (χ0n) is 14.7. The summed E-state index contributed by atoms with van der Waals surface area (Å²) in [6.45, 7) is 1.03. The summed E-state index contributed by atoms with van der Waals surface area (Å²) in [7, 11) is -3.71. The Morgan fingerprint density at radius 3 is 2.52 bits per heavy atom. The number of halogens is 1. The fourth-order valence-corrected chi connectivity index (χ4v) is 4.87. The van der Waals surface area contributed by atoms with Crippen LogP contribution in [0.1, 0.15) is 28.8 Å². The van der Waals surface area contributed by atoms with Crippen molar-refractivity contribution in [2.45, 2.75) is 17.7 Å². The molecule has 0 spiro atoms. The minimum atomic E-state index is -3.71. The van der Waals surface area contributed by atoms with Crippen molar-refractivity contribution in [1.29, 1.82) is 0 Å². The maximum atomic E-state index is 12.7. The van der Waals surface area contributed by atoms with Crippen LogP contribution in [-0.2, 0) is 14.8 Å². The van der Waals surface area contributed by atoms with E-state index in [1.807, 2.05) is 36.4 Å². The van der Waals surface area contributed by atoms with Gasteiger partial charge in [0.25, 0.3) is 0 Å². The first-order valence-corrected chi connectivity index (χ1v) is 10.5. The highest BCUT2D eigenvalue weighted by molar-refractivity contribution is 7.89. The Labute approximate surface area is 164 Å². The van der Waals surface area contributed by atoms with Crippen molar-refractivity contribution < 1.29 is 17.9 Å². The Morgan fingerprint density at radius 1 is 1.11 bits per heavy atom. The molecule has 142 valence electrons. The van der Waals surface area contributed by atoms with Gasteiger partial charge in [-0.3, -0.25) is 0 Å². The highest BCUT2D eigenvalue weighted by Gasteiger charge is 2.29. The normalized spacial score (nSPS) is 15.3. The number of benzene rings is 2. The molecule has 1 saturated heterocycles. The molecule has 0 N–H and O–H groups in total. The summed E-state index contributed by atoms with van der Waals surface area (Å²) in [5.74, 6) is -0.595. The third kappa shape index (κ3) is 4.77. The van der Waals surface area contributed by atoms with Gasteiger partial charge in [0.1, 0.15) is 11.5 Å². The highest BCUT2D eigenvalue weighted by Crippen LogP contribution is 2.28. The number of rotatable bonds is 6. The molecule has 1 aliphatic rings. The lowest BCUT2D eigenvalue weighted by Crippen LogP contribution is -2.28.